The van der Waals surface area contributed by atoms with Crippen molar-refractivity contribution in [2.24, 2.45) is 0 Å². The molecular formula is C15H22N2O2. The van der Waals surface area contributed by atoms with Crippen LogP contribution in [0.3, 0.4) is 0 Å². The number of alkyl carbamates (subject to hydrolysis) is 1. The number of nitrogens with one attached hydrogen (secondary N) is 1. The van der Waals surface area contributed by atoms with Crippen LogP contribution in [0.5, 0.6) is 0 Å². The summed E-state index contributed by atoms with van der Waals surface area (Å²) in [6, 6.07) is 5.92. The maximum atomic E-state index is 11.9. The van der Waals surface area contributed by atoms with E-state index in [1.807, 2.05) is 39.0 Å². The number of fused-ring (bicyclic) bond motifs is 1. The number of nitrogen functional groups attached to an aromatic ring is 1. The fraction of sp³-hybridized carbons (Fsp3) is 0.533. The predicted octanol–water partition coefficient (Wildman–Crippen LogP) is 3.17. The van der Waals surface area contributed by atoms with E-state index in [1.165, 1.54) is 5.56 Å². The highest BCUT2D eigenvalue weighted by molar-refractivity contribution is 5.68. The smallest absolute Gasteiger partial charge is 0.408 e. The Morgan fingerprint density at radius 3 is 2.84 bits per heavy atom. The van der Waals surface area contributed by atoms with Gasteiger partial charge < -0.3 is 15.8 Å². The highest BCUT2D eigenvalue weighted by Gasteiger charge is 2.24. The Morgan fingerprint density at radius 1 is 1.42 bits per heavy atom. The molecule has 0 spiro atoms. The summed E-state index contributed by atoms with van der Waals surface area (Å²) in [4.78, 5) is 11.9. The molecule has 0 heterocycles. The van der Waals surface area contributed by atoms with Gasteiger partial charge in [-0.25, -0.2) is 4.79 Å². The number of carbonyl (C=O) groups excluding carboxylic acids is 1. The second-order valence-electron chi connectivity index (χ2n) is 6.05. The zero-order valence-electron chi connectivity index (χ0n) is 11.8. The zero-order valence-corrected chi connectivity index (χ0v) is 11.8. The maximum Gasteiger partial charge on any atom is 0.408 e. The van der Waals surface area contributed by atoms with Gasteiger partial charge in [-0.3, -0.25) is 0 Å². The molecular weight excluding hydrogens is 240 g/mol. The van der Waals surface area contributed by atoms with Gasteiger partial charge in [0.2, 0.25) is 0 Å². The number of nitrogens with two attached hydrogens (primary N) is 1. The Bertz CT molecular complexity index is 478. The number of rotatable bonds is 1. The molecule has 4 heteroatoms. The molecule has 1 aliphatic rings. The monoisotopic (exact) mass is 262 g/mol. The third-order valence-electron chi connectivity index (χ3n) is 3.18. The highest BCUT2D eigenvalue weighted by Crippen LogP contribution is 2.31. The summed E-state index contributed by atoms with van der Waals surface area (Å²) in [7, 11) is 0. The molecule has 0 unspecified atom stereocenters. The van der Waals surface area contributed by atoms with Crippen molar-refractivity contribution in [3.8, 4) is 0 Å². The number of ether oxygens (including phenoxy) is 1. The molecule has 0 radical (unpaired) electrons. The van der Waals surface area contributed by atoms with Gasteiger partial charge in [-0.2, -0.15) is 0 Å². The van der Waals surface area contributed by atoms with E-state index >= 15 is 0 Å². The lowest BCUT2D eigenvalue weighted by Crippen LogP contribution is -2.36. The average Bonchev–Trinajstić information content (AvgIpc) is 2.27. The van der Waals surface area contributed by atoms with E-state index in [0.29, 0.717) is 0 Å². The Hall–Kier alpha value is -1.71. The summed E-state index contributed by atoms with van der Waals surface area (Å²) in [6.07, 6.45) is 2.67. The van der Waals surface area contributed by atoms with Gasteiger partial charge in [0, 0.05) is 5.69 Å². The van der Waals surface area contributed by atoms with Crippen LogP contribution in [0.4, 0.5) is 10.5 Å². The molecule has 0 saturated carbocycles. The molecule has 0 bridgehead atoms. The summed E-state index contributed by atoms with van der Waals surface area (Å²) in [5, 5.41) is 2.94. The van der Waals surface area contributed by atoms with Crippen molar-refractivity contribution in [2.75, 3.05) is 5.73 Å². The molecule has 2 rings (SSSR count). The Morgan fingerprint density at radius 2 is 2.16 bits per heavy atom. The summed E-state index contributed by atoms with van der Waals surface area (Å²) in [6.45, 7) is 5.58. The first-order valence-electron chi connectivity index (χ1n) is 6.73. The van der Waals surface area contributed by atoms with Crippen LogP contribution in [0, 0.1) is 0 Å². The molecule has 3 N–H and O–H groups in total. The minimum absolute atomic E-state index is 0.00194. The molecule has 0 aromatic heterocycles. The van der Waals surface area contributed by atoms with E-state index in [1.54, 1.807) is 0 Å². The van der Waals surface area contributed by atoms with Crippen molar-refractivity contribution in [1.29, 1.82) is 0 Å². The number of benzene rings is 1. The second-order valence-corrected chi connectivity index (χ2v) is 6.05. The van der Waals surface area contributed by atoms with E-state index in [2.05, 4.69) is 5.32 Å². The van der Waals surface area contributed by atoms with Crippen LogP contribution in [-0.2, 0) is 11.2 Å². The summed E-state index contributed by atoms with van der Waals surface area (Å²) < 4.78 is 5.30. The van der Waals surface area contributed by atoms with Crippen LogP contribution in [0.25, 0.3) is 0 Å². The van der Waals surface area contributed by atoms with E-state index in [-0.39, 0.29) is 12.1 Å². The first-order valence-corrected chi connectivity index (χ1v) is 6.73. The molecule has 1 atom stereocenters. The lowest BCUT2D eigenvalue weighted by Gasteiger charge is -2.28. The standard InChI is InChI=1S/C15H22N2O2/c1-15(2,3)19-14(18)17-13-6-4-5-10-7-8-11(16)9-12(10)13/h7-9,13H,4-6,16H2,1-3H3,(H,17,18)/t13-/m0/s1. The van der Waals surface area contributed by atoms with Gasteiger partial charge in [-0.05, 0) is 63.3 Å². The fourth-order valence-electron chi connectivity index (χ4n) is 2.42. The van der Waals surface area contributed by atoms with Crippen LogP contribution in [0.15, 0.2) is 18.2 Å². The zero-order chi connectivity index (χ0) is 14.0. The van der Waals surface area contributed by atoms with Gasteiger partial charge in [-0.1, -0.05) is 6.07 Å². The third-order valence-corrected chi connectivity index (χ3v) is 3.18. The van der Waals surface area contributed by atoms with Gasteiger partial charge >= 0.3 is 6.09 Å². The van der Waals surface area contributed by atoms with E-state index in [4.69, 9.17) is 10.5 Å². The van der Waals surface area contributed by atoms with E-state index in [9.17, 15) is 4.79 Å². The normalized spacial score (nSPS) is 18.6. The van der Waals surface area contributed by atoms with Gasteiger partial charge in [0.15, 0.2) is 0 Å². The topological polar surface area (TPSA) is 64.3 Å². The van der Waals surface area contributed by atoms with Gasteiger partial charge in [0.25, 0.3) is 0 Å². The summed E-state index contributed by atoms with van der Waals surface area (Å²) in [5.74, 6) is 0. The summed E-state index contributed by atoms with van der Waals surface area (Å²) >= 11 is 0. The van der Waals surface area contributed by atoms with Crippen molar-refractivity contribution in [1.82, 2.24) is 5.32 Å². The highest BCUT2D eigenvalue weighted by atomic mass is 16.6. The molecule has 0 aliphatic heterocycles. The predicted molar refractivity (Wildman–Crippen MR) is 75.9 cm³/mol. The average molecular weight is 262 g/mol. The van der Waals surface area contributed by atoms with Crippen LogP contribution in [-0.4, -0.2) is 11.7 Å². The number of amides is 1. The van der Waals surface area contributed by atoms with Crippen molar-refractivity contribution in [3.05, 3.63) is 29.3 Å². The third kappa shape index (κ3) is 3.63. The molecule has 0 saturated heterocycles. The molecule has 1 aromatic rings. The SMILES string of the molecule is CC(C)(C)OC(=O)N[C@H]1CCCc2ccc(N)cc21. The number of carbonyl (C=O) groups is 1. The number of hydrogen-bond donors (Lipinski definition) is 2. The maximum absolute atomic E-state index is 11.9. The lowest BCUT2D eigenvalue weighted by atomic mass is 9.87. The van der Waals surface area contributed by atoms with Gasteiger partial charge in [0.1, 0.15) is 5.60 Å². The van der Waals surface area contributed by atoms with Crippen LogP contribution >= 0.6 is 0 Å². The largest absolute Gasteiger partial charge is 0.444 e. The Balaban J connectivity index is 2.11. The molecule has 19 heavy (non-hydrogen) atoms. The first-order chi connectivity index (χ1) is 8.85. The first kappa shape index (κ1) is 13.7. The van der Waals surface area contributed by atoms with E-state index < -0.39 is 5.60 Å². The van der Waals surface area contributed by atoms with Crippen molar-refractivity contribution >= 4 is 11.8 Å². The summed E-state index contributed by atoms with van der Waals surface area (Å²) in [5.41, 5.74) is 8.48. The fourth-order valence-corrected chi connectivity index (χ4v) is 2.42. The molecule has 1 aromatic carbocycles. The molecule has 4 nitrogen and oxygen atoms in total. The molecule has 104 valence electrons. The van der Waals surface area contributed by atoms with Crippen molar-refractivity contribution in [3.63, 3.8) is 0 Å². The van der Waals surface area contributed by atoms with Crippen molar-refractivity contribution < 1.29 is 9.53 Å². The molecule has 1 aliphatic carbocycles. The minimum Gasteiger partial charge on any atom is -0.444 e. The lowest BCUT2D eigenvalue weighted by molar-refractivity contribution is 0.0498. The number of aryl methyl sites for hydroxylation is 1. The second kappa shape index (κ2) is 5.11. The van der Waals surface area contributed by atoms with Gasteiger partial charge in [-0.15, -0.1) is 0 Å². The van der Waals surface area contributed by atoms with Crippen LogP contribution < -0.4 is 11.1 Å². The number of anilines is 1. The van der Waals surface area contributed by atoms with Crippen molar-refractivity contribution in [2.45, 2.75) is 51.7 Å². The number of hydrogen-bond acceptors (Lipinski definition) is 3. The molecule has 1 amide bonds. The van der Waals surface area contributed by atoms with Crippen LogP contribution in [0.2, 0.25) is 0 Å². The van der Waals surface area contributed by atoms with Crippen LogP contribution in [0.1, 0.15) is 50.8 Å². The Labute approximate surface area is 114 Å². The van der Waals surface area contributed by atoms with E-state index in [0.717, 1.165) is 30.5 Å². The Kier molecular flexibility index (Phi) is 3.69. The minimum atomic E-state index is -0.475. The van der Waals surface area contributed by atoms with Gasteiger partial charge in [0.05, 0.1) is 6.04 Å². The molecule has 0 fully saturated rings. The quantitative estimate of drug-likeness (QED) is 0.764.